The molecule has 2 heterocycles. The third-order valence-corrected chi connectivity index (χ3v) is 6.40. The Morgan fingerprint density at radius 3 is 2.59 bits per heavy atom. The number of halogens is 1. The molecule has 2 aromatic rings. The second-order valence-electron chi connectivity index (χ2n) is 8.68. The van der Waals surface area contributed by atoms with E-state index in [1.54, 1.807) is 12.3 Å². The largest absolute Gasteiger partial charge is 0.375 e. The van der Waals surface area contributed by atoms with Crippen molar-refractivity contribution < 1.29 is 4.39 Å². The van der Waals surface area contributed by atoms with Crippen molar-refractivity contribution in [1.29, 1.82) is 0 Å². The highest BCUT2D eigenvalue weighted by molar-refractivity contribution is 7.80. The number of nitrogens with zero attached hydrogens (tertiary/aromatic N) is 4. The molecule has 1 atom stereocenters. The first kappa shape index (κ1) is 22.5. The maximum absolute atomic E-state index is 15.3. The molecule has 0 radical (unpaired) electrons. The number of piperazine rings is 1. The van der Waals surface area contributed by atoms with Gasteiger partial charge >= 0.3 is 0 Å². The Hall–Kier alpha value is -2.71. The fourth-order valence-electron chi connectivity index (χ4n) is 4.56. The number of benzene rings is 2. The quantitative estimate of drug-likeness (QED) is 0.398. The minimum Gasteiger partial charge on any atom is -0.375 e. The van der Waals surface area contributed by atoms with Crippen molar-refractivity contribution in [2.45, 2.75) is 12.8 Å². The Kier molecular flexibility index (Phi) is 7.22. The fraction of sp³-hybridized carbons (Fsp3) is 0.417. The monoisotopic (exact) mass is 454 g/mol. The number of likely N-dealkylation sites (N-methyl/N-ethyl adjacent to an activating group) is 1. The minimum atomic E-state index is -0.222. The summed E-state index contributed by atoms with van der Waals surface area (Å²) >= 11 is 4.82. The van der Waals surface area contributed by atoms with Crippen LogP contribution in [-0.2, 0) is 6.42 Å². The molecular formula is C24H31FN6S. The standard InChI is InChI=1S/C24H31FN6S/c1-29-9-11-30(12-10-29)22-15-23(21(25)14-20(22)16-27-28-24(26)32)31-8-7-19(17-31)13-18-5-3-2-4-6-18/h2-6,14-16,19H,7-13,17H2,1H3,(H3,26,28,32). The molecule has 32 heavy (non-hydrogen) atoms. The smallest absolute Gasteiger partial charge is 0.184 e. The highest BCUT2D eigenvalue weighted by Gasteiger charge is 2.27. The summed E-state index contributed by atoms with van der Waals surface area (Å²) < 4.78 is 15.3. The third-order valence-electron chi connectivity index (χ3n) is 6.31. The van der Waals surface area contributed by atoms with Crippen LogP contribution in [0.3, 0.4) is 0 Å². The number of anilines is 2. The normalized spacial score (nSPS) is 19.6. The van der Waals surface area contributed by atoms with Gasteiger partial charge in [0.05, 0.1) is 11.9 Å². The fourth-order valence-corrected chi connectivity index (χ4v) is 4.62. The molecule has 4 rings (SSSR count). The molecule has 2 aliphatic rings. The van der Waals surface area contributed by atoms with Crippen LogP contribution in [0.15, 0.2) is 47.6 Å². The van der Waals surface area contributed by atoms with Crippen LogP contribution in [0.5, 0.6) is 0 Å². The third kappa shape index (κ3) is 5.55. The van der Waals surface area contributed by atoms with E-state index < -0.39 is 0 Å². The lowest BCUT2D eigenvalue weighted by atomic mass is 9.99. The van der Waals surface area contributed by atoms with Crippen LogP contribution in [0.1, 0.15) is 17.5 Å². The van der Waals surface area contributed by atoms with Gasteiger partial charge in [0.15, 0.2) is 5.11 Å². The topological polar surface area (TPSA) is 60.1 Å². The second kappa shape index (κ2) is 10.3. The van der Waals surface area contributed by atoms with E-state index in [0.717, 1.165) is 63.4 Å². The Balaban J connectivity index is 1.56. The number of hydrazone groups is 1. The van der Waals surface area contributed by atoms with Crippen molar-refractivity contribution in [3.05, 3.63) is 59.4 Å². The van der Waals surface area contributed by atoms with Crippen molar-refractivity contribution in [3.63, 3.8) is 0 Å². The summed E-state index contributed by atoms with van der Waals surface area (Å²) in [5.41, 5.74) is 11.8. The predicted octanol–water partition coefficient (Wildman–Crippen LogP) is 2.81. The SMILES string of the molecule is CN1CCN(c2cc(N3CCC(Cc4ccccc4)C3)c(F)cc2C=NNC(N)=S)CC1. The van der Waals surface area contributed by atoms with E-state index in [2.05, 4.69) is 56.5 Å². The number of nitrogens with one attached hydrogen (secondary N) is 1. The van der Waals surface area contributed by atoms with Crippen LogP contribution in [-0.4, -0.2) is 62.5 Å². The molecule has 0 amide bonds. The first-order valence-electron chi connectivity index (χ1n) is 11.1. The first-order chi connectivity index (χ1) is 15.5. The summed E-state index contributed by atoms with van der Waals surface area (Å²) in [5, 5.41) is 4.16. The van der Waals surface area contributed by atoms with Crippen molar-refractivity contribution in [2.75, 3.05) is 56.1 Å². The molecule has 0 aromatic heterocycles. The predicted molar refractivity (Wildman–Crippen MR) is 134 cm³/mol. The van der Waals surface area contributed by atoms with E-state index in [1.807, 2.05) is 12.1 Å². The molecule has 1 unspecified atom stereocenters. The van der Waals surface area contributed by atoms with E-state index in [4.69, 9.17) is 18.0 Å². The zero-order valence-corrected chi connectivity index (χ0v) is 19.3. The number of rotatable bonds is 6. The van der Waals surface area contributed by atoms with Crippen molar-refractivity contribution in [2.24, 2.45) is 16.8 Å². The Bertz CT molecular complexity index is 958. The van der Waals surface area contributed by atoms with E-state index >= 15 is 4.39 Å². The lowest BCUT2D eigenvalue weighted by Gasteiger charge is -2.35. The maximum atomic E-state index is 15.3. The molecule has 0 saturated carbocycles. The average Bonchev–Trinajstić information content (AvgIpc) is 3.23. The van der Waals surface area contributed by atoms with Crippen LogP contribution < -0.4 is 21.0 Å². The van der Waals surface area contributed by atoms with Crippen molar-refractivity contribution in [3.8, 4) is 0 Å². The number of hydrogen-bond donors (Lipinski definition) is 2. The Morgan fingerprint density at radius 2 is 1.88 bits per heavy atom. The van der Waals surface area contributed by atoms with Gasteiger partial charge in [-0.1, -0.05) is 30.3 Å². The number of nitrogens with two attached hydrogens (primary N) is 1. The van der Waals surface area contributed by atoms with E-state index in [9.17, 15) is 0 Å². The maximum Gasteiger partial charge on any atom is 0.184 e. The van der Waals surface area contributed by atoms with Gasteiger partial charge in [-0.3, -0.25) is 5.43 Å². The molecule has 2 saturated heterocycles. The average molecular weight is 455 g/mol. The molecule has 8 heteroatoms. The second-order valence-corrected chi connectivity index (χ2v) is 9.12. The highest BCUT2D eigenvalue weighted by atomic mass is 32.1. The summed E-state index contributed by atoms with van der Waals surface area (Å²) in [6.07, 6.45) is 3.70. The summed E-state index contributed by atoms with van der Waals surface area (Å²) in [6, 6.07) is 14.1. The van der Waals surface area contributed by atoms with Gasteiger partial charge in [0.25, 0.3) is 0 Å². The van der Waals surface area contributed by atoms with Gasteiger partial charge in [-0.25, -0.2) is 4.39 Å². The molecule has 0 aliphatic carbocycles. The molecule has 2 aliphatic heterocycles. The molecule has 2 fully saturated rings. The lowest BCUT2D eigenvalue weighted by molar-refractivity contribution is 0.313. The lowest BCUT2D eigenvalue weighted by Crippen LogP contribution is -2.45. The molecule has 0 bridgehead atoms. The van der Waals surface area contributed by atoms with E-state index in [-0.39, 0.29) is 10.9 Å². The summed E-state index contributed by atoms with van der Waals surface area (Å²) in [5.74, 6) is 0.305. The van der Waals surface area contributed by atoms with Crippen LogP contribution in [0, 0.1) is 11.7 Å². The van der Waals surface area contributed by atoms with Crippen LogP contribution in [0.4, 0.5) is 15.8 Å². The minimum absolute atomic E-state index is 0.0843. The first-order valence-corrected chi connectivity index (χ1v) is 11.5. The zero-order chi connectivity index (χ0) is 22.5. The van der Waals surface area contributed by atoms with E-state index in [0.29, 0.717) is 11.6 Å². The molecule has 3 N–H and O–H groups in total. The van der Waals surface area contributed by atoms with E-state index in [1.165, 1.54) is 5.56 Å². The van der Waals surface area contributed by atoms with Gasteiger partial charge < -0.3 is 20.4 Å². The molecule has 2 aromatic carbocycles. The number of hydrogen-bond acceptors (Lipinski definition) is 5. The molecule has 0 spiro atoms. The van der Waals surface area contributed by atoms with Crippen LogP contribution >= 0.6 is 12.2 Å². The van der Waals surface area contributed by atoms with Crippen LogP contribution in [0.2, 0.25) is 0 Å². The van der Waals surface area contributed by atoms with Crippen LogP contribution in [0.25, 0.3) is 0 Å². The molecular weight excluding hydrogens is 423 g/mol. The number of thiocarbonyl (C=S) groups is 1. The Morgan fingerprint density at radius 1 is 1.12 bits per heavy atom. The zero-order valence-electron chi connectivity index (χ0n) is 18.5. The highest BCUT2D eigenvalue weighted by Crippen LogP contribution is 2.33. The van der Waals surface area contributed by atoms with Gasteiger partial charge in [0.1, 0.15) is 5.82 Å². The summed E-state index contributed by atoms with van der Waals surface area (Å²) in [4.78, 5) is 6.80. The Labute approximate surface area is 194 Å². The van der Waals surface area contributed by atoms with Crippen molar-refractivity contribution in [1.82, 2.24) is 10.3 Å². The van der Waals surface area contributed by atoms with Gasteiger partial charge in [-0.2, -0.15) is 5.10 Å². The molecule has 6 nitrogen and oxygen atoms in total. The summed E-state index contributed by atoms with van der Waals surface area (Å²) in [6.45, 7) is 5.45. The van der Waals surface area contributed by atoms with Gasteiger partial charge in [0.2, 0.25) is 0 Å². The van der Waals surface area contributed by atoms with Gasteiger partial charge in [-0.05, 0) is 55.7 Å². The van der Waals surface area contributed by atoms with Crippen molar-refractivity contribution >= 4 is 34.9 Å². The van der Waals surface area contributed by atoms with Gasteiger partial charge in [-0.15, -0.1) is 0 Å². The molecule has 170 valence electrons. The van der Waals surface area contributed by atoms with Gasteiger partial charge in [0, 0.05) is 50.5 Å². The summed E-state index contributed by atoms with van der Waals surface area (Å²) in [7, 11) is 2.12.